The summed E-state index contributed by atoms with van der Waals surface area (Å²) in [6, 6.07) is 30.7. The number of aliphatic hydroxyl groups excluding tert-OH is 1. The summed E-state index contributed by atoms with van der Waals surface area (Å²) in [5.74, 6) is 0. The zero-order valence-electron chi connectivity index (χ0n) is 12.5. The minimum absolute atomic E-state index is 0.106. The lowest BCUT2D eigenvalue weighted by Crippen LogP contribution is -1.73. The molecule has 0 aromatic heterocycles. The van der Waals surface area contributed by atoms with Crippen LogP contribution in [0.15, 0.2) is 97.1 Å². The zero-order valence-corrected chi connectivity index (χ0v) is 12.5. The topological polar surface area (TPSA) is 20.2 Å². The monoisotopic (exact) mass is 288 g/mol. The van der Waals surface area contributed by atoms with Gasteiger partial charge in [-0.25, -0.2) is 0 Å². The molecule has 0 heterocycles. The van der Waals surface area contributed by atoms with Crippen LogP contribution in [0.5, 0.6) is 0 Å². The molecular formula is C21H20O. The van der Waals surface area contributed by atoms with Crippen LogP contribution in [0.25, 0.3) is 17.2 Å². The molecule has 1 nitrogen and oxygen atoms in total. The van der Waals surface area contributed by atoms with Crippen molar-refractivity contribution in [2.45, 2.75) is 0 Å². The van der Waals surface area contributed by atoms with Crippen molar-refractivity contribution in [2.24, 2.45) is 0 Å². The first-order valence-corrected chi connectivity index (χ1v) is 7.33. The van der Waals surface area contributed by atoms with Gasteiger partial charge in [0.05, 0.1) is 6.61 Å². The maximum absolute atomic E-state index is 8.44. The van der Waals surface area contributed by atoms with Gasteiger partial charge in [0.2, 0.25) is 0 Å². The Labute approximate surface area is 132 Å². The molecule has 3 aromatic rings. The molecule has 0 amide bonds. The maximum atomic E-state index is 8.44. The highest BCUT2D eigenvalue weighted by Crippen LogP contribution is 2.17. The third-order valence-electron chi connectivity index (χ3n) is 3.10. The fourth-order valence-electron chi connectivity index (χ4n) is 2.01. The van der Waals surface area contributed by atoms with Crippen LogP contribution >= 0.6 is 0 Å². The number of hydrogen-bond donors (Lipinski definition) is 1. The molecule has 0 aliphatic heterocycles. The Kier molecular flexibility index (Phi) is 6.67. The van der Waals surface area contributed by atoms with Crippen LogP contribution < -0.4 is 0 Å². The smallest absolute Gasteiger partial charge is 0.0615 e. The quantitative estimate of drug-likeness (QED) is 0.715. The Morgan fingerprint density at radius 1 is 0.591 bits per heavy atom. The van der Waals surface area contributed by atoms with Crippen molar-refractivity contribution in [1.29, 1.82) is 0 Å². The van der Waals surface area contributed by atoms with E-state index in [4.69, 9.17) is 5.11 Å². The molecule has 0 atom stereocenters. The van der Waals surface area contributed by atoms with E-state index in [2.05, 4.69) is 48.5 Å². The van der Waals surface area contributed by atoms with Crippen LogP contribution in [0.2, 0.25) is 0 Å². The van der Waals surface area contributed by atoms with E-state index in [0.717, 1.165) is 5.56 Å². The highest BCUT2D eigenvalue weighted by atomic mass is 16.2. The Morgan fingerprint density at radius 3 is 1.41 bits per heavy atom. The first kappa shape index (κ1) is 15.7. The van der Waals surface area contributed by atoms with Crippen LogP contribution in [-0.4, -0.2) is 11.7 Å². The summed E-state index contributed by atoms with van der Waals surface area (Å²) in [5, 5.41) is 8.44. The maximum Gasteiger partial charge on any atom is 0.0615 e. The Balaban J connectivity index is 0.000000164. The molecule has 0 aliphatic carbocycles. The lowest BCUT2D eigenvalue weighted by Gasteiger charge is -1.98. The van der Waals surface area contributed by atoms with Crippen LogP contribution in [-0.2, 0) is 0 Å². The number of aliphatic hydroxyl groups is 1. The highest BCUT2D eigenvalue weighted by Gasteiger charge is 1.91. The van der Waals surface area contributed by atoms with Gasteiger partial charge in [-0.05, 0) is 16.7 Å². The van der Waals surface area contributed by atoms with Gasteiger partial charge < -0.3 is 5.11 Å². The van der Waals surface area contributed by atoms with E-state index in [1.807, 2.05) is 48.5 Å². The second-order valence-electron chi connectivity index (χ2n) is 4.73. The number of benzene rings is 3. The van der Waals surface area contributed by atoms with Crippen molar-refractivity contribution in [1.82, 2.24) is 0 Å². The van der Waals surface area contributed by atoms with Gasteiger partial charge in [0.1, 0.15) is 0 Å². The minimum Gasteiger partial charge on any atom is -0.392 e. The molecule has 0 bridgehead atoms. The van der Waals surface area contributed by atoms with E-state index in [1.54, 1.807) is 6.08 Å². The molecule has 3 rings (SSSR count). The standard InChI is InChI=1S/C12H10.C9H10O/c1-3-7-11(8-4-1)12-9-5-2-6-10-12;10-8-4-7-9-5-2-1-3-6-9/h1-10H;1-7,10H,8H2/b;7-4+. The van der Waals surface area contributed by atoms with Crippen molar-refractivity contribution >= 4 is 6.08 Å². The van der Waals surface area contributed by atoms with E-state index >= 15 is 0 Å². The average molecular weight is 288 g/mol. The van der Waals surface area contributed by atoms with Crippen LogP contribution in [0.4, 0.5) is 0 Å². The van der Waals surface area contributed by atoms with Gasteiger partial charge in [0, 0.05) is 0 Å². The van der Waals surface area contributed by atoms with Crippen LogP contribution in [0, 0.1) is 0 Å². The number of rotatable bonds is 3. The van der Waals surface area contributed by atoms with Crippen molar-refractivity contribution in [3.8, 4) is 11.1 Å². The Bertz CT molecular complexity index is 621. The summed E-state index contributed by atoms with van der Waals surface area (Å²) in [6.45, 7) is 0.106. The molecule has 110 valence electrons. The second kappa shape index (κ2) is 9.32. The predicted octanol–water partition coefficient (Wildman–Crippen LogP) is 5.05. The highest BCUT2D eigenvalue weighted by molar-refractivity contribution is 5.62. The van der Waals surface area contributed by atoms with Crippen molar-refractivity contribution in [2.75, 3.05) is 6.61 Å². The minimum atomic E-state index is 0.106. The molecule has 3 aromatic carbocycles. The van der Waals surface area contributed by atoms with Gasteiger partial charge in [-0.1, -0.05) is 103 Å². The predicted molar refractivity (Wildman–Crippen MR) is 94.4 cm³/mol. The average Bonchev–Trinajstić information content (AvgIpc) is 2.63. The van der Waals surface area contributed by atoms with Gasteiger partial charge in [-0.15, -0.1) is 0 Å². The molecule has 1 N–H and O–H groups in total. The second-order valence-corrected chi connectivity index (χ2v) is 4.73. The Hall–Kier alpha value is -2.64. The lowest BCUT2D eigenvalue weighted by molar-refractivity contribution is 0.343. The molecule has 0 radical (unpaired) electrons. The first-order chi connectivity index (χ1) is 10.9. The molecule has 22 heavy (non-hydrogen) atoms. The SMILES string of the molecule is OC/C=C/c1ccccc1.c1ccc(-c2ccccc2)cc1. The molecule has 0 saturated carbocycles. The third kappa shape index (κ3) is 5.39. The number of hydrogen-bond acceptors (Lipinski definition) is 1. The van der Waals surface area contributed by atoms with Crippen molar-refractivity contribution in [3.63, 3.8) is 0 Å². The largest absolute Gasteiger partial charge is 0.392 e. The Morgan fingerprint density at radius 2 is 1.00 bits per heavy atom. The molecular weight excluding hydrogens is 268 g/mol. The lowest BCUT2D eigenvalue weighted by atomic mass is 10.1. The zero-order chi connectivity index (χ0) is 15.5. The summed E-state index contributed by atoms with van der Waals surface area (Å²) in [6.07, 6.45) is 3.61. The van der Waals surface area contributed by atoms with Gasteiger partial charge in [-0.2, -0.15) is 0 Å². The van der Waals surface area contributed by atoms with E-state index in [9.17, 15) is 0 Å². The summed E-state index contributed by atoms with van der Waals surface area (Å²) < 4.78 is 0. The molecule has 0 saturated heterocycles. The van der Waals surface area contributed by atoms with E-state index in [1.165, 1.54) is 11.1 Å². The summed E-state index contributed by atoms with van der Waals surface area (Å²) in [4.78, 5) is 0. The first-order valence-electron chi connectivity index (χ1n) is 7.33. The van der Waals surface area contributed by atoms with Crippen molar-refractivity contribution < 1.29 is 5.11 Å². The molecule has 0 aliphatic rings. The summed E-state index contributed by atoms with van der Waals surface area (Å²) >= 11 is 0. The van der Waals surface area contributed by atoms with Crippen LogP contribution in [0.3, 0.4) is 0 Å². The molecule has 0 unspecified atom stereocenters. The van der Waals surface area contributed by atoms with Crippen LogP contribution in [0.1, 0.15) is 5.56 Å². The van der Waals surface area contributed by atoms with Gasteiger partial charge in [-0.3, -0.25) is 0 Å². The normalized spacial score (nSPS) is 10.0. The summed E-state index contributed by atoms with van der Waals surface area (Å²) in [7, 11) is 0. The van der Waals surface area contributed by atoms with E-state index < -0.39 is 0 Å². The molecule has 1 heteroatoms. The molecule has 0 fully saturated rings. The summed E-state index contributed by atoms with van der Waals surface area (Å²) in [5.41, 5.74) is 3.67. The van der Waals surface area contributed by atoms with E-state index in [0.29, 0.717) is 0 Å². The fourth-order valence-corrected chi connectivity index (χ4v) is 2.01. The van der Waals surface area contributed by atoms with E-state index in [-0.39, 0.29) is 6.61 Å². The van der Waals surface area contributed by atoms with Gasteiger partial charge in [0.25, 0.3) is 0 Å². The van der Waals surface area contributed by atoms with Gasteiger partial charge >= 0.3 is 0 Å². The third-order valence-corrected chi connectivity index (χ3v) is 3.10. The fraction of sp³-hybridized carbons (Fsp3) is 0.0476. The van der Waals surface area contributed by atoms with Crippen molar-refractivity contribution in [3.05, 3.63) is 103 Å². The molecule has 0 spiro atoms. The van der Waals surface area contributed by atoms with Gasteiger partial charge in [0.15, 0.2) is 0 Å².